The lowest BCUT2D eigenvalue weighted by atomic mass is 9.76. The molecule has 3 heterocycles. The molecule has 1 aliphatic carbocycles. The average Bonchev–Trinajstić information content (AvgIpc) is 3.29. The second kappa shape index (κ2) is 5.79. The number of anilines is 2. The summed E-state index contributed by atoms with van der Waals surface area (Å²) in [7, 11) is 3.47. The van der Waals surface area contributed by atoms with E-state index in [2.05, 4.69) is 20.6 Å². The first-order valence-corrected chi connectivity index (χ1v) is 7.65. The predicted octanol–water partition coefficient (Wildman–Crippen LogP) is 1.64. The van der Waals surface area contributed by atoms with Gasteiger partial charge in [0.2, 0.25) is 5.91 Å². The summed E-state index contributed by atoms with van der Waals surface area (Å²) in [6.45, 7) is 0.446. The molecule has 1 atom stereocenters. The summed E-state index contributed by atoms with van der Waals surface area (Å²) in [6.07, 6.45) is 5.46. The van der Waals surface area contributed by atoms with Crippen molar-refractivity contribution in [2.24, 2.45) is 5.92 Å². The van der Waals surface area contributed by atoms with E-state index in [1.807, 2.05) is 13.1 Å². The van der Waals surface area contributed by atoms with Gasteiger partial charge in [-0.1, -0.05) is 0 Å². The van der Waals surface area contributed by atoms with Crippen molar-refractivity contribution in [3.05, 3.63) is 24.0 Å². The van der Waals surface area contributed by atoms with Crippen LogP contribution in [-0.4, -0.2) is 37.0 Å². The summed E-state index contributed by atoms with van der Waals surface area (Å²) in [5.41, 5.74) is 0.987. The van der Waals surface area contributed by atoms with Crippen molar-refractivity contribution >= 4 is 35.8 Å². The second-order valence-corrected chi connectivity index (χ2v) is 5.81. The molecule has 1 saturated carbocycles. The van der Waals surface area contributed by atoms with Crippen LogP contribution >= 0.6 is 0 Å². The summed E-state index contributed by atoms with van der Waals surface area (Å²) in [5, 5.41) is 7.82. The third kappa shape index (κ3) is 2.75. The van der Waals surface area contributed by atoms with Gasteiger partial charge in [0, 0.05) is 36.6 Å². The lowest BCUT2D eigenvalue weighted by Crippen LogP contribution is -2.14. The minimum atomic E-state index is 0.00490. The Labute approximate surface area is 134 Å². The molecule has 1 aliphatic heterocycles. The largest absolute Gasteiger partial charge is 0.373 e. The Morgan fingerprint density at radius 3 is 2.87 bits per heavy atom. The van der Waals surface area contributed by atoms with Crippen LogP contribution in [0.1, 0.15) is 24.2 Å². The van der Waals surface area contributed by atoms with Crippen LogP contribution in [0.5, 0.6) is 0 Å². The van der Waals surface area contributed by atoms with E-state index in [0.717, 1.165) is 35.0 Å². The monoisotopic (exact) mass is 311 g/mol. The first kappa shape index (κ1) is 14.4. The highest BCUT2D eigenvalue weighted by Gasteiger charge is 2.30. The number of carbonyl (C=O) groups excluding carboxylic acids is 1. The zero-order valence-corrected chi connectivity index (χ0v) is 12.7. The van der Waals surface area contributed by atoms with Gasteiger partial charge in [-0.05, 0) is 29.9 Å². The molecular formula is C15H16BN4O3. The van der Waals surface area contributed by atoms with Gasteiger partial charge in [-0.15, -0.1) is 0 Å². The maximum absolute atomic E-state index is 12.0. The molecule has 8 heteroatoms. The zero-order chi connectivity index (χ0) is 15.8. The van der Waals surface area contributed by atoms with Crippen molar-refractivity contribution in [1.29, 1.82) is 0 Å². The van der Waals surface area contributed by atoms with Gasteiger partial charge in [0.05, 0.1) is 6.61 Å². The number of hydrogen-bond donors (Lipinski definition) is 2. The molecule has 2 aliphatic rings. The Morgan fingerprint density at radius 1 is 1.30 bits per heavy atom. The van der Waals surface area contributed by atoms with E-state index in [-0.39, 0.29) is 17.6 Å². The van der Waals surface area contributed by atoms with Crippen molar-refractivity contribution in [2.75, 3.05) is 24.3 Å². The lowest BCUT2D eigenvalue weighted by molar-refractivity contribution is -0.183. The highest BCUT2D eigenvalue weighted by molar-refractivity contribution is 6.31. The normalized spacial score (nSPS) is 20.3. The van der Waals surface area contributed by atoms with Crippen LogP contribution in [-0.2, 0) is 14.5 Å². The molecule has 2 aromatic heterocycles. The van der Waals surface area contributed by atoms with Gasteiger partial charge < -0.3 is 15.4 Å². The molecular weight excluding hydrogens is 295 g/mol. The number of carbonyl (C=O) groups is 1. The van der Waals surface area contributed by atoms with Gasteiger partial charge in [-0.3, -0.25) is 9.68 Å². The number of nitrogens with one attached hydrogen (secondary N) is 2. The van der Waals surface area contributed by atoms with Gasteiger partial charge in [-0.25, -0.2) is 9.97 Å². The predicted molar refractivity (Wildman–Crippen MR) is 86.0 cm³/mol. The third-order valence-electron chi connectivity index (χ3n) is 4.17. The van der Waals surface area contributed by atoms with Crippen LogP contribution in [0.4, 0.5) is 11.6 Å². The minimum Gasteiger partial charge on any atom is -0.373 e. The van der Waals surface area contributed by atoms with Gasteiger partial charge >= 0.3 is 7.48 Å². The third-order valence-corrected chi connectivity index (χ3v) is 4.17. The number of aromatic nitrogens is 2. The molecule has 7 nitrogen and oxygen atoms in total. The summed E-state index contributed by atoms with van der Waals surface area (Å²) in [5.74, 6) is 1.49. The molecule has 1 unspecified atom stereocenters. The van der Waals surface area contributed by atoms with E-state index in [1.54, 1.807) is 19.9 Å². The molecule has 4 rings (SSSR count). The fourth-order valence-corrected chi connectivity index (χ4v) is 2.71. The molecule has 2 aromatic rings. The Bertz CT molecular complexity index is 760. The van der Waals surface area contributed by atoms with Crippen molar-refractivity contribution in [3.63, 3.8) is 0 Å². The summed E-state index contributed by atoms with van der Waals surface area (Å²) >= 11 is 0. The van der Waals surface area contributed by atoms with E-state index in [4.69, 9.17) is 9.69 Å². The molecule has 1 radical (unpaired) electrons. The SMILES string of the molecule is CNc1ncc(C2[B]OOC2)c2cc(NC(=O)C3CC3)ncc12. The molecule has 0 bridgehead atoms. The molecule has 23 heavy (non-hydrogen) atoms. The van der Waals surface area contributed by atoms with E-state index < -0.39 is 0 Å². The molecule has 2 fully saturated rings. The van der Waals surface area contributed by atoms with Crippen LogP contribution in [0.15, 0.2) is 18.5 Å². The van der Waals surface area contributed by atoms with Gasteiger partial charge in [0.1, 0.15) is 11.6 Å². The van der Waals surface area contributed by atoms with Crippen LogP contribution in [0.3, 0.4) is 0 Å². The Morgan fingerprint density at radius 2 is 2.17 bits per heavy atom. The van der Waals surface area contributed by atoms with E-state index >= 15 is 0 Å². The molecule has 1 saturated heterocycles. The Balaban J connectivity index is 1.76. The van der Waals surface area contributed by atoms with Crippen molar-refractivity contribution in [2.45, 2.75) is 18.7 Å². The number of pyridine rings is 2. The van der Waals surface area contributed by atoms with Crippen molar-refractivity contribution < 1.29 is 14.5 Å². The number of rotatable bonds is 4. The fraction of sp³-hybridized carbons (Fsp3) is 0.400. The highest BCUT2D eigenvalue weighted by atomic mass is 17.2. The first-order valence-electron chi connectivity index (χ1n) is 7.65. The molecule has 117 valence electrons. The fourth-order valence-electron chi connectivity index (χ4n) is 2.71. The first-order chi connectivity index (χ1) is 11.3. The number of fused-ring (bicyclic) bond motifs is 1. The molecule has 0 spiro atoms. The summed E-state index contributed by atoms with van der Waals surface area (Å²) < 4.78 is 0. The standard InChI is InChI=1S/C15H16BN4O3/c1-17-14-11-6-18-13(20-15(21)8-2-3-8)4-9(11)10(5-19-14)12-7-22-23-16-12/h4-6,8,12H,2-3,7H2,1H3,(H,17,19)(H,18,20,21). The highest BCUT2D eigenvalue weighted by Crippen LogP contribution is 2.33. The Kier molecular flexibility index (Phi) is 3.63. The van der Waals surface area contributed by atoms with Crippen LogP contribution in [0.25, 0.3) is 10.8 Å². The van der Waals surface area contributed by atoms with E-state index in [1.165, 1.54) is 0 Å². The van der Waals surface area contributed by atoms with E-state index in [9.17, 15) is 4.79 Å². The van der Waals surface area contributed by atoms with Crippen LogP contribution in [0, 0.1) is 5.92 Å². The van der Waals surface area contributed by atoms with Gasteiger partial charge in [-0.2, -0.15) is 0 Å². The number of amides is 1. The van der Waals surface area contributed by atoms with Crippen molar-refractivity contribution in [1.82, 2.24) is 9.97 Å². The maximum atomic E-state index is 12.0. The maximum Gasteiger partial charge on any atom is 0.354 e. The smallest absolute Gasteiger partial charge is 0.354 e. The quantitative estimate of drug-likeness (QED) is 0.659. The number of hydrogen-bond acceptors (Lipinski definition) is 6. The van der Waals surface area contributed by atoms with E-state index in [0.29, 0.717) is 12.4 Å². The minimum absolute atomic E-state index is 0.00490. The van der Waals surface area contributed by atoms with Crippen molar-refractivity contribution in [3.8, 4) is 0 Å². The molecule has 1 amide bonds. The second-order valence-electron chi connectivity index (χ2n) is 5.81. The van der Waals surface area contributed by atoms with Crippen LogP contribution in [0.2, 0.25) is 0 Å². The Hall–Kier alpha value is -2.19. The summed E-state index contributed by atoms with van der Waals surface area (Å²) in [6, 6.07) is 1.89. The van der Waals surface area contributed by atoms with Gasteiger partial charge in [0.15, 0.2) is 0 Å². The topological polar surface area (TPSA) is 85.4 Å². The van der Waals surface area contributed by atoms with Gasteiger partial charge in [0.25, 0.3) is 0 Å². The number of nitrogens with zero attached hydrogens (tertiary/aromatic N) is 2. The molecule has 0 aromatic carbocycles. The lowest BCUT2D eigenvalue weighted by Gasteiger charge is -2.13. The molecule has 2 N–H and O–H groups in total. The summed E-state index contributed by atoms with van der Waals surface area (Å²) in [4.78, 5) is 30.6. The average molecular weight is 311 g/mol. The zero-order valence-electron chi connectivity index (χ0n) is 12.7. The van der Waals surface area contributed by atoms with Crippen LogP contribution < -0.4 is 10.6 Å².